The Morgan fingerprint density at radius 2 is 1.93 bits per heavy atom. The predicted octanol–water partition coefficient (Wildman–Crippen LogP) is 1.56. The van der Waals surface area contributed by atoms with Gasteiger partial charge in [0.2, 0.25) is 0 Å². The van der Waals surface area contributed by atoms with Gasteiger partial charge in [-0.15, -0.1) is 5.10 Å². The van der Waals surface area contributed by atoms with Crippen LogP contribution >= 0.6 is 0 Å². The molecule has 0 radical (unpaired) electrons. The fourth-order valence-corrected chi connectivity index (χ4v) is 3.01. The average Bonchev–Trinajstić information content (AvgIpc) is 3.26. The summed E-state index contributed by atoms with van der Waals surface area (Å²) in [6.07, 6.45) is 1.44. The van der Waals surface area contributed by atoms with Crippen LogP contribution in [-0.2, 0) is 6.54 Å². The minimum Gasteiger partial charge on any atom is -0.331 e. The summed E-state index contributed by atoms with van der Waals surface area (Å²) in [4.78, 5) is 34.3. The fourth-order valence-electron chi connectivity index (χ4n) is 3.01. The van der Waals surface area contributed by atoms with Crippen LogP contribution in [0.4, 0.5) is 0 Å². The number of nitrogens with one attached hydrogen (secondary N) is 1. The average molecular weight is 375 g/mol. The molecule has 0 aliphatic heterocycles. The minimum absolute atomic E-state index is 0.180. The maximum absolute atomic E-state index is 13.2. The molecule has 0 saturated heterocycles. The van der Waals surface area contributed by atoms with E-state index in [2.05, 4.69) is 25.5 Å². The van der Waals surface area contributed by atoms with Gasteiger partial charge in [-0.1, -0.05) is 24.3 Å². The SMILES string of the molecule is CCN(Cc1nc2ccccc2c(=O)[nH]1)C(=O)c1ccccc1-n1cnnn1. The number of H-pyrrole nitrogens is 1. The van der Waals surface area contributed by atoms with Gasteiger partial charge in [-0.3, -0.25) is 9.59 Å². The van der Waals surface area contributed by atoms with Crippen molar-refractivity contribution in [2.75, 3.05) is 6.54 Å². The molecule has 2 heterocycles. The number of para-hydroxylation sites is 2. The van der Waals surface area contributed by atoms with Crippen LogP contribution in [0.3, 0.4) is 0 Å². The molecule has 0 saturated carbocycles. The number of rotatable bonds is 5. The molecule has 0 spiro atoms. The van der Waals surface area contributed by atoms with Gasteiger partial charge in [-0.25, -0.2) is 4.98 Å². The van der Waals surface area contributed by atoms with E-state index in [1.54, 1.807) is 41.3 Å². The molecule has 140 valence electrons. The van der Waals surface area contributed by atoms with Crippen molar-refractivity contribution in [3.05, 3.63) is 76.6 Å². The molecule has 2 aromatic carbocycles. The summed E-state index contributed by atoms with van der Waals surface area (Å²) in [5, 5.41) is 11.6. The van der Waals surface area contributed by atoms with Crippen LogP contribution in [-0.4, -0.2) is 47.5 Å². The molecule has 0 aliphatic carbocycles. The first kappa shape index (κ1) is 17.5. The van der Waals surface area contributed by atoms with E-state index in [9.17, 15) is 9.59 Å². The van der Waals surface area contributed by atoms with E-state index in [-0.39, 0.29) is 18.0 Å². The second kappa shape index (κ2) is 7.39. The monoisotopic (exact) mass is 375 g/mol. The highest BCUT2D eigenvalue weighted by atomic mass is 16.2. The zero-order valence-corrected chi connectivity index (χ0v) is 15.1. The molecule has 9 heteroatoms. The molecule has 0 atom stereocenters. The van der Waals surface area contributed by atoms with E-state index in [4.69, 9.17) is 0 Å². The van der Waals surface area contributed by atoms with Crippen molar-refractivity contribution >= 4 is 16.8 Å². The van der Waals surface area contributed by atoms with Crippen LogP contribution in [0.5, 0.6) is 0 Å². The van der Waals surface area contributed by atoms with E-state index >= 15 is 0 Å². The Hall–Kier alpha value is -3.88. The molecule has 1 amide bonds. The molecule has 0 fully saturated rings. The lowest BCUT2D eigenvalue weighted by atomic mass is 10.1. The molecular weight excluding hydrogens is 358 g/mol. The molecule has 4 rings (SSSR count). The Kier molecular flexibility index (Phi) is 4.63. The Morgan fingerprint density at radius 1 is 1.14 bits per heavy atom. The molecule has 1 N–H and O–H groups in total. The third-order valence-corrected chi connectivity index (χ3v) is 4.40. The number of carbonyl (C=O) groups excluding carboxylic acids is 1. The van der Waals surface area contributed by atoms with Crippen LogP contribution in [0.2, 0.25) is 0 Å². The highest BCUT2D eigenvalue weighted by Crippen LogP contribution is 2.16. The van der Waals surface area contributed by atoms with Crippen molar-refractivity contribution in [3.8, 4) is 5.69 Å². The zero-order chi connectivity index (χ0) is 19.5. The smallest absolute Gasteiger partial charge is 0.258 e. The van der Waals surface area contributed by atoms with Crippen LogP contribution < -0.4 is 5.56 Å². The topological polar surface area (TPSA) is 110 Å². The predicted molar refractivity (Wildman–Crippen MR) is 102 cm³/mol. The summed E-state index contributed by atoms with van der Waals surface area (Å²) in [6, 6.07) is 14.2. The number of amides is 1. The van der Waals surface area contributed by atoms with E-state index in [0.29, 0.717) is 34.5 Å². The van der Waals surface area contributed by atoms with Gasteiger partial charge in [0.15, 0.2) is 0 Å². The first-order chi connectivity index (χ1) is 13.7. The summed E-state index contributed by atoms with van der Waals surface area (Å²) in [5.41, 5.74) is 1.41. The molecule has 0 bridgehead atoms. The van der Waals surface area contributed by atoms with Crippen molar-refractivity contribution < 1.29 is 4.79 Å². The van der Waals surface area contributed by atoms with Crippen molar-refractivity contribution in [1.82, 2.24) is 35.1 Å². The maximum atomic E-state index is 13.2. The quantitative estimate of drug-likeness (QED) is 0.567. The normalized spacial score (nSPS) is 10.9. The van der Waals surface area contributed by atoms with Gasteiger partial charge in [0.1, 0.15) is 12.2 Å². The standard InChI is InChI=1S/C19H17N7O2/c1-2-25(11-17-21-15-9-5-3-7-13(15)18(27)22-17)19(28)14-8-4-6-10-16(14)26-12-20-23-24-26/h3-10,12H,2,11H2,1H3,(H,21,22,27). The van der Waals surface area contributed by atoms with Gasteiger partial charge in [0.25, 0.3) is 11.5 Å². The number of aromatic amines is 1. The Bertz CT molecular complexity index is 1180. The lowest BCUT2D eigenvalue weighted by Gasteiger charge is -2.21. The number of nitrogens with zero attached hydrogens (tertiary/aromatic N) is 6. The Labute approximate surface area is 159 Å². The lowest BCUT2D eigenvalue weighted by Crippen LogP contribution is -2.32. The van der Waals surface area contributed by atoms with E-state index < -0.39 is 0 Å². The van der Waals surface area contributed by atoms with Gasteiger partial charge >= 0.3 is 0 Å². The number of benzene rings is 2. The number of tetrazole rings is 1. The van der Waals surface area contributed by atoms with Gasteiger partial charge in [0, 0.05) is 6.54 Å². The largest absolute Gasteiger partial charge is 0.331 e. The minimum atomic E-state index is -0.224. The summed E-state index contributed by atoms with van der Waals surface area (Å²) in [6.45, 7) is 2.50. The van der Waals surface area contributed by atoms with Gasteiger partial charge in [-0.05, 0) is 41.6 Å². The van der Waals surface area contributed by atoms with Gasteiger partial charge < -0.3 is 9.88 Å². The van der Waals surface area contributed by atoms with Crippen molar-refractivity contribution in [3.63, 3.8) is 0 Å². The number of carbonyl (C=O) groups is 1. The molecule has 4 aromatic rings. The third-order valence-electron chi connectivity index (χ3n) is 4.40. The van der Waals surface area contributed by atoms with Crippen LogP contribution in [0.15, 0.2) is 59.7 Å². The molecule has 0 unspecified atom stereocenters. The summed E-state index contributed by atoms with van der Waals surface area (Å²) < 4.78 is 1.44. The number of fused-ring (bicyclic) bond motifs is 1. The van der Waals surface area contributed by atoms with Crippen molar-refractivity contribution in [2.45, 2.75) is 13.5 Å². The molecule has 2 aromatic heterocycles. The molecule has 9 nitrogen and oxygen atoms in total. The van der Waals surface area contributed by atoms with Crippen LogP contribution in [0.1, 0.15) is 23.1 Å². The number of hydrogen-bond acceptors (Lipinski definition) is 6. The summed E-state index contributed by atoms with van der Waals surface area (Å²) in [7, 11) is 0. The second-order valence-corrected chi connectivity index (χ2v) is 6.12. The second-order valence-electron chi connectivity index (χ2n) is 6.12. The van der Waals surface area contributed by atoms with E-state index in [1.165, 1.54) is 11.0 Å². The number of aromatic nitrogens is 6. The Morgan fingerprint density at radius 3 is 2.71 bits per heavy atom. The maximum Gasteiger partial charge on any atom is 0.258 e. The van der Waals surface area contributed by atoms with Gasteiger partial charge in [0.05, 0.1) is 28.7 Å². The summed E-state index contributed by atoms with van der Waals surface area (Å²) >= 11 is 0. The highest BCUT2D eigenvalue weighted by Gasteiger charge is 2.20. The van der Waals surface area contributed by atoms with Crippen molar-refractivity contribution in [1.29, 1.82) is 0 Å². The highest BCUT2D eigenvalue weighted by molar-refractivity contribution is 5.97. The Balaban J connectivity index is 1.67. The molecular formula is C19H17N7O2. The van der Waals surface area contributed by atoms with Crippen LogP contribution in [0, 0.1) is 0 Å². The lowest BCUT2D eigenvalue weighted by molar-refractivity contribution is 0.0748. The molecule has 28 heavy (non-hydrogen) atoms. The zero-order valence-electron chi connectivity index (χ0n) is 15.1. The molecule has 0 aliphatic rings. The van der Waals surface area contributed by atoms with Gasteiger partial charge in [-0.2, -0.15) is 4.68 Å². The first-order valence-electron chi connectivity index (χ1n) is 8.77. The van der Waals surface area contributed by atoms with Crippen molar-refractivity contribution in [2.24, 2.45) is 0 Å². The fraction of sp³-hybridized carbons (Fsp3) is 0.158. The van der Waals surface area contributed by atoms with E-state index in [0.717, 1.165) is 0 Å². The van der Waals surface area contributed by atoms with Crippen LogP contribution in [0.25, 0.3) is 16.6 Å². The van der Waals surface area contributed by atoms with E-state index in [1.807, 2.05) is 19.1 Å². The summed E-state index contributed by atoms with van der Waals surface area (Å²) in [5.74, 6) is 0.225. The first-order valence-corrected chi connectivity index (χ1v) is 8.77. The third kappa shape index (κ3) is 3.25. The number of hydrogen-bond donors (Lipinski definition) is 1.